The Hall–Kier alpha value is -2.21. The summed E-state index contributed by atoms with van der Waals surface area (Å²) < 4.78 is 7.58. The highest BCUT2D eigenvalue weighted by atomic mass is 32.2. The molecule has 3 rings (SSSR count). The minimum atomic E-state index is -0.0682. The zero-order chi connectivity index (χ0) is 18.7. The summed E-state index contributed by atoms with van der Waals surface area (Å²) >= 11 is 1.66. The van der Waals surface area contributed by atoms with E-state index in [0.717, 1.165) is 29.0 Å². The molecule has 26 heavy (non-hydrogen) atoms. The summed E-state index contributed by atoms with van der Waals surface area (Å²) in [6.45, 7) is 3.22. The number of aryl methyl sites for hydroxylation is 1. The zero-order valence-electron chi connectivity index (χ0n) is 15.4. The Balaban J connectivity index is 1.58. The predicted molar refractivity (Wildman–Crippen MR) is 104 cm³/mol. The Morgan fingerprint density at radius 2 is 1.81 bits per heavy atom. The normalized spacial score (nSPS) is 15.1. The summed E-state index contributed by atoms with van der Waals surface area (Å²) in [6.07, 6.45) is 3.58. The van der Waals surface area contributed by atoms with E-state index in [-0.39, 0.29) is 17.6 Å². The number of aromatic nitrogens is 1. The molecule has 0 aliphatic carbocycles. The van der Waals surface area contributed by atoms with Gasteiger partial charge in [0.05, 0.1) is 0 Å². The first-order valence-electron chi connectivity index (χ1n) is 8.75. The first kappa shape index (κ1) is 18.6. The fourth-order valence-corrected chi connectivity index (χ4v) is 3.50. The van der Waals surface area contributed by atoms with E-state index >= 15 is 0 Å². The molecule has 5 nitrogen and oxygen atoms in total. The van der Waals surface area contributed by atoms with Crippen LogP contribution in [0.1, 0.15) is 28.9 Å². The number of nitrogens with zero attached hydrogens (tertiary/aromatic N) is 2. The van der Waals surface area contributed by atoms with Crippen LogP contribution < -0.4 is 10.3 Å². The molecule has 2 aromatic rings. The number of benzene rings is 1. The smallest absolute Gasteiger partial charge is 0.254 e. The number of ether oxygens (including phenoxy) is 1. The molecule has 1 aromatic heterocycles. The van der Waals surface area contributed by atoms with Crippen molar-refractivity contribution in [2.75, 3.05) is 19.3 Å². The minimum absolute atomic E-state index is 0.0319. The van der Waals surface area contributed by atoms with E-state index in [2.05, 4.69) is 0 Å². The fraction of sp³-hybridized carbons (Fsp3) is 0.400. The molecule has 0 bridgehead atoms. The molecule has 0 N–H and O–H groups in total. The van der Waals surface area contributed by atoms with Crippen LogP contribution in [-0.2, 0) is 7.05 Å². The Bertz CT molecular complexity index is 837. The van der Waals surface area contributed by atoms with Gasteiger partial charge >= 0.3 is 0 Å². The lowest BCUT2D eigenvalue weighted by Crippen LogP contribution is -2.41. The molecular formula is C20H24N2O3S. The van der Waals surface area contributed by atoms with Gasteiger partial charge in [-0.2, -0.15) is 0 Å². The van der Waals surface area contributed by atoms with Crippen molar-refractivity contribution in [3.05, 3.63) is 58.0 Å². The van der Waals surface area contributed by atoms with Crippen molar-refractivity contribution < 1.29 is 9.53 Å². The molecule has 1 saturated heterocycles. The van der Waals surface area contributed by atoms with E-state index in [1.807, 2.05) is 48.4 Å². The summed E-state index contributed by atoms with van der Waals surface area (Å²) in [6, 6.07) is 11.1. The average Bonchev–Trinajstić information content (AvgIpc) is 2.66. The molecule has 2 heterocycles. The molecule has 0 atom stereocenters. The van der Waals surface area contributed by atoms with Gasteiger partial charge in [-0.15, -0.1) is 11.8 Å². The van der Waals surface area contributed by atoms with Crippen LogP contribution in [0.2, 0.25) is 0 Å². The Morgan fingerprint density at radius 3 is 2.38 bits per heavy atom. The summed E-state index contributed by atoms with van der Waals surface area (Å²) in [5, 5.41) is 0. The second-order valence-corrected chi connectivity index (χ2v) is 7.45. The second kappa shape index (κ2) is 7.99. The van der Waals surface area contributed by atoms with Crippen molar-refractivity contribution in [1.82, 2.24) is 9.47 Å². The largest absolute Gasteiger partial charge is 0.490 e. The van der Waals surface area contributed by atoms with Gasteiger partial charge in [-0.3, -0.25) is 9.59 Å². The van der Waals surface area contributed by atoms with Crippen LogP contribution in [0.3, 0.4) is 0 Å². The number of rotatable bonds is 4. The lowest BCUT2D eigenvalue weighted by Gasteiger charge is -2.32. The molecule has 1 fully saturated rings. The topological polar surface area (TPSA) is 51.5 Å². The SMILES string of the molecule is CSc1ccc(C(=O)N2CCC(Oc3cc(C)n(C)c(=O)c3)CC2)cc1. The monoisotopic (exact) mass is 372 g/mol. The highest BCUT2D eigenvalue weighted by Crippen LogP contribution is 2.21. The van der Waals surface area contributed by atoms with Crippen LogP contribution in [0.15, 0.2) is 46.1 Å². The van der Waals surface area contributed by atoms with E-state index < -0.39 is 0 Å². The fourth-order valence-electron chi connectivity index (χ4n) is 3.09. The number of carbonyl (C=O) groups is 1. The lowest BCUT2D eigenvalue weighted by atomic mass is 10.1. The average molecular weight is 372 g/mol. The Labute approximate surface area is 158 Å². The third-order valence-electron chi connectivity index (χ3n) is 4.85. The number of hydrogen-bond donors (Lipinski definition) is 0. The van der Waals surface area contributed by atoms with Crippen LogP contribution in [0.25, 0.3) is 0 Å². The number of pyridine rings is 1. The number of amides is 1. The van der Waals surface area contributed by atoms with Gasteiger partial charge in [0, 0.05) is 55.2 Å². The highest BCUT2D eigenvalue weighted by Gasteiger charge is 2.25. The summed E-state index contributed by atoms with van der Waals surface area (Å²) in [4.78, 5) is 27.5. The first-order valence-corrected chi connectivity index (χ1v) is 9.98. The molecule has 1 aliphatic rings. The quantitative estimate of drug-likeness (QED) is 0.774. The number of carbonyl (C=O) groups excluding carboxylic acids is 1. The van der Waals surface area contributed by atoms with Crippen LogP contribution in [0, 0.1) is 6.92 Å². The third-order valence-corrected chi connectivity index (χ3v) is 5.59. The van der Waals surface area contributed by atoms with Gasteiger partial charge in [-0.05, 0) is 43.5 Å². The maximum absolute atomic E-state index is 12.6. The second-order valence-electron chi connectivity index (χ2n) is 6.57. The third kappa shape index (κ3) is 4.12. The molecule has 0 spiro atoms. The maximum atomic E-state index is 12.6. The van der Waals surface area contributed by atoms with Gasteiger partial charge in [0.1, 0.15) is 11.9 Å². The van der Waals surface area contributed by atoms with E-state index in [1.165, 1.54) is 6.07 Å². The standard InChI is InChI=1S/C20H24N2O3S/c1-14-12-17(13-19(23)21(14)2)25-16-8-10-22(11-9-16)20(24)15-4-6-18(26-3)7-5-15/h4-7,12-13,16H,8-11H2,1-3H3. The van der Waals surface area contributed by atoms with E-state index in [9.17, 15) is 9.59 Å². The van der Waals surface area contributed by atoms with Crippen LogP contribution in [-0.4, -0.2) is 40.8 Å². The maximum Gasteiger partial charge on any atom is 0.254 e. The summed E-state index contributed by atoms with van der Waals surface area (Å²) in [5.41, 5.74) is 1.53. The van der Waals surface area contributed by atoms with Crippen LogP contribution >= 0.6 is 11.8 Å². The van der Waals surface area contributed by atoms with Crippen molar-refractivity contribution in [3.63, 3.8) is 0 Å². The van der Waals surface area contributed by atoms with Gasteiger partial charge in [0.2, 0.25) is 0 Å². The van der Waals surface area contributed by atoms with Gasteiger partial charge in [-0.25, -0.2) is 0 Å². The van der Waals surface area contributed by atoms with Gasteiger partial charge in [-0.1, -0.05) is 0 Å². The molecule has 1 amide bonds. The van der Waals surface area contributed by atoms with Crippen LogP contribution in [0.5, 0.6) is 5.75 Å². The molecule has 0 saturated carbocycles. The number of likely N-dealkylation sites (tertiary alicyclic amines) is 1. The number of piperidine rings is 1. The molecule has 138 valence electrons. The van der Waals surface area contributed by atoms with Gasteiger partial charge < -0.3 is 14.2 Å². The minimum Gasteiger partial charge on any atom is -0.490 e. The Morgan fingerprint density at radius 1 is 1.15 bits per heavy atom. The number of thioether (sulfide) groups is 1. The van der Waals surface area contributed by atoms with Crippen molar-refractivity contribution >= 4 is 17.7 Å². The first-order chi connectivity index (χ1) is 12.5. The molecule has 1 aromatic carbocycles. The Kier molecular flexibility index (Phi) is 5.71. The predicted octanol–water partition coefficient (Wildman–Crippen LogP) is 3.10. The van der Waals surface area contributed by atoms with Crippen LogP contribution in [0.4, 0.5) is 0 Å². The molecule has 1 aliphatic heterocycles. The number of hydrogen-bond acceptors (Lipinski definition) is 4. The zero-order valence-corrected chi connectivity index (χ0v) is 16.2. The van der Waals surface area contributed by atoms with Gasteiger partial charge in [0.15, 0.2) is 0 Å². The van der Waals surface area contributed by atoms with Gasteiger partial charge in [0.25, 0.3) is 11.5 Å². The van der Waals surface area contributed by atoms with Crippen molar-refractivity contribution in [3.8, 4) is 5.75 Å². The molecule has 0 radical (unpaired) electrons. The van der Waals surface area contributed by atoms with Crippen molar-refractivity contribution in [1.29, 1.82) is 0 Å². The van der Waals surface area contributed by atoms with E-state index in [4.69, 9.17) is 4.74 Å². The van der Waals surface area contributed by atoms with E-state index in [0.29, 0.717) is 18.8 Å². The van der Waals surface area contributed by atoms with E-state index in [1.54, 1.807) is 23.4 Å². The van der Waals surface area contributed by atoms with Crippen molar-refractivity contribution in [2.24, 2.45) is 7.05 Å². The highest BCUT2D eigenvalue weighted by molar-refractivity contribution is 7.98. The molecular weight excluding hydrogens is 348 g/mol. The van der Waals surface area contributed by atoms with Crippen molar-refractivity contribution in [2.45, 2.75) is 30.8 Å². The summed E-state index contributed by atoms with van der Waals surface area (Å²) in [7, 11) is 1.75. The molecule has 0 unspecified atom stereocenters. The summed E-state index contributed by atoms with van der Waals surface area (Å²) in [5.74, 6) is 0.684. The molecule has 6 heteroatoms. The lowest BCUT2D eigenvalue weighted by molar-refractivity contribution is 0.0595.